The van der Waals surface area contributed by atoms with Gasteiger partial charge in [-0.1, -0.05) is 11.6 Å². The van der Waals surface area contributed by atoms with Gasteiger partial charge >= 0.3 is 0 Å². The molecular weight excluding hydrogens is 191 g/mol. The molecule has 0 saturated carbocycles. The molecule has 0 bridgehead atoms. The molecule has 0 atom stereocenters. The van der Waals surface area contributed by atoms with Crippen LogP contribution < -0.4 is 0 Å². The number of halogens is 2. The lowest BCUT2D eigenvalue weighted by atomic mass is 10.1. The Bertz CT molecular complexity index is 299. The molecular formula is C10H12ClFO. The summed E-state index contributed by atoms with van der Waals surface area (Å²) in [5.41, 5.74) is 1.32. The van der Waals surface area contributed by atoms with E-state index in [4.69, 9.17) is 16.7 Å². The molecule has 13 heavy (non-hydrogen) atoms. The molecule has 1 aromatic rings. The van der Waals surface area contributed by atoms with Crippen LogP contribution in [0.2, 0.25) is 5.02 Å². The number of hydrogen-bond acceptors (Lipinski definition) is 1. The Labute approximate surface area is 82.2 Å². The van der Waals surface area contributed by atoms with E-state index >= 15 is 0 Å². The van der Waals surface area contributed by atoms with Crippen molar-refractivity contribution in [3.05, 3.63) is 34.1 Å². The summed E-state index contributed by atoms with van der Waals surface area (Å²) >= 11 is 5.84. The van der Waals surface area contributed by atoms with Crippen LogP contribution in [0, 0.1) is 12.7 Å². The van der Waals surface area contributed by atoms with E-state index < -0.39 is 0 Å². The largest absolute Gasteiger partial charge is 0.396 e. The Morgan fingerprint density at radius 2 is 2.15 bits per heavy atom. The molecule has 1 aromatic carbocycles. The van der Waals surface area contributed by atoms with Gasteiger partial charge in [-0.05, 0) is 43.0 Å². The number of aliphatic hydroxyl groups is 1. The molecule has 0 aliphatic rings. The third kappa shape index (κ3) is 2.68. The van der Waals surface area contributed by atoms with E-state index in [1.807, 2.05) is 0 Å². The van der Waals surface area contributed by atoms with Crippen LogP contribution in [0.1, 0.15) is 17.5 Å². The van der Waals surface area contributed by atoms with Crippen molar-refractivity contribution in [2.75, 3.05) is 6.61 Å². The van der Waals surface area contributed by atoms with Crippen LogP contribution in [0.5, 0.6) is 0 Å². The van der Waals surface area contributed by atoms with Gasteiger partial charge in [0.25, 0.3) is 0 Å². The summed E-state index contributed by atoms with van der Waals surface area (Å²) in [5.74, 6) is -0.240. The normalized spacial score (nSPS) is 10.5. The molecule has 3 heteroatoms. The quantitative estimate of drug-likeness (QED) is 0.799. The highest BCUT2D eigenvalue weighted by Gasteiger charge is 2.05. The van der Waals surface area contributed by atoms with Crippen molar-refractivity contribution in [3.63, 3.8) is 0 Å². The Balaban J connectivity index is 2.88. The molecule has 0 aliphatic heterocycles. The summed E-state index contributed by atoms with van der Waals surface area (Å²) in [6.07, 6.45) is 1.10. The molecule has 0 spiro atoms. The molecule has 1 nitrogen and oxygen atoms in total. The Hall–Kier alpha value is -0.600. The number of hydrogen-bond donors (Lipinski definition) is 1. The zero-order chi connectivity index (χ0) is 9.84. The van der Waals surface area contributed by atoms with Gasteiger partial charge in [-0.3, -0.25) is 0 Å². The second kappa shape index (κ2) is 4.58. The highest BCUT2D eigenvalue weighted by atomic mass is 35.5. The number of rotatable bonds is 3. The maximum absolute atomic E-state index is 13.2. The minimum Gasteiger partial charge on any atom is -0.396 e. The van der Waals surface area contributed by atoms with Crippen LogP contribution in [0.3, 0.4) is 0 Å². The Kier molecular flexibility index (Phi) is 3.70. The van der Waals surface area contributed by atoms with E-state index in [9.17, 15) is 4.39 Å². The molecule has 0 heterocycles. The van der Waals surface area contributed by atoms with Crippen LogP contribution in [-0.4, -0.2) is 11.7 Å². The fourth-order valence-corrected chi connectivity index (χ4v) is 1.33. The van der Waals surface area contributed by atoms with E-state index in [1.165, 1.54) is 6.07 Å². The van der Waals surface area contributed by atoms with E-state index in [0.29, 0.717) is 23.4 Å². The van der Waals surface area contributed by atoms with Crippen molar-refractivity contribution >= 4 is 11.6 Å². The summed E-state index contributed by atoms with van der Waals surface area (Å²) in [5, 5.41) is 9.17. The highest BCUT2D eigenvalue weighted by molar-refractivity contribution is 6.31. The third-order valence-electron chi connectivity index (χ3n) is 1.93. The van der Waals surface area contributed by atoms with E-state index in [1.54, 1.807) is 13.0 Å². The van der Waals surface area contributed by atoms with Gasteiger partial charge in [0, 0.05) is 11.6 Å². The lowest BCUT2D eigenvalue weighted by Crippen LogP contribution is -1.94. The van der Waals surface area contributed by atoms with Gasteiger partial charge in [-0.2, -0.15) is 0 Å². The second-order valence-corrected chi connectivity index (χ2v) is 3.43. The van der Waals surface area contributed by atoms with Crippen LogP contribution in [0.4, 0.5) is 4.39 Å². The fourth-order valence-electron chi connectivity index (χ4n) is 1.15. The molecule has 0 amide bonds. The molecule has 72 valence electrons. The lowest BCUT2D eigenvalue weighted by Gasteiger charge is -2.04. The Morgan fingerprint density at radius 1 is 1.46 bits per heavy atom. The van der Waals surface area contributed by atoms with Gasteiger partial charge in [0.2, 0.25) is 0 Å². The maximum atomic E-state index is 13.2. The molecule has 0 saturated heterocycles. The van der Waals surface area contributed by atoms with Crippen LogP contribution in [-0.2, 0) is 6.42 Å². The summed E-state index contributed by atoms with van der Waals surface area (Å²) in [7, 11) is 0. The lowest BCUT2D eigenvalue weighted by molar-refractivity contribution is 0.288. The van der Waals surface area contributed by atoms with Crippen molar-refractivity contribution in [2.24, 2.45) is 0 Å². The minimum absolute atomic E-state index is 0.0743. The maximum Gasteiger partial charge on any atom is 0.126 e. The van der Waals surface area contributed by atoms with Crippen molar-refractivity contribution in [1.82, 2.24) is 0 Å². The Morgan fingerprint density at radius 3 is 2.77 bits per heavy atom. The van der Waals surface area contributed by atoms with Crippen molar-refractivity contribution in [3.8, 4) is 0 Å². The predicted octanol–water partition coefficient (Wildman–Crippen LogP) is 2.71. The molecule has 0 unspecified atom stereocenters. The van der Waals surface area contributed by atoms with Gasteiger partial charge in [-0.25, -0.2) is 4.39 Å². The SMILES string of the molecule is Cc1cc(F)c(CCCO)cc1Cl. The molecule has 0 radical (unpaired) electrons. The van der Waals surface area contributed by atoms with Crippen LogP contribution >= 0.6 is 11.6 Å². The zero-order valence-electron chi connectivity index (χ0n) is 7.48. The number of benzene rings is 1. The number of aryl methyl sites for hydroxylation is 2. The smallest absolute Gasteiger partial charge is 0.126 e. The van der Waals surface area contributed by atoms with Gasteiger partial charge < -0.3 is 5.11 Å². The first-order chi connectivity index (χ1) is 6.15. The first kappa shape index (κ1) is 10.5. The molecule has 0 fully saturated rings. The average molecular weight is 203 g/mol. The molecule has 0 aliphatic carbocycles. The zero-order valence-corrected chi connectivity index (χ0v) is 8.24. The van der Waals surface area contributed by atoms with Crippen molar-refractivity contribution in [1.29, 1.82) is 0 Å². The average Bonchev–Trinajstić information content (AvgIpc) is 2.09. The third-order valence-corrected chi connectivity index (χ3v) is 2.34. The van der Waals surface area contributed by atoms with Crippen molar-refractivity contribution in [2.45, 2.75) is 19.8 Å². The van der Waals surface area contributed by atoms with Crippen molar-refractivity contribution < 1.29 is 9.50 Å². The predicted molar refractivity (Wildman–Crippen MR) is 51.6 cm³/mol. The standard InChI is InChI=1S/C10H12ClFO/c1-7-5-10(12)8(3-2-4-13)6-9(7)11/h5-6,13H,2-4H2,1H3. The second-order valence-electron chi connectivity index (χ2n) is 3.02. The number of aliphatic hydroxyl groups excluding tert-OH is 1. The first-order valence-electron chi connectivity index (χ1n) is 4.20. The summed E-state index contributed by atoms with van der Waals surface area (Å²) < 4.78 is 13.2. The monoisotopic (exact) mass is 202 g/mol. The molecule has 1 N–H and O–H groups in total. The minimum atomic E-state index is -0.240. The van der Waals surface area contributed by atoms with Crippen LogP contribution in [0.25, 0.3) is 0 Å². The molecule has 1 rings (SSSR count). The van der Waals surface area contributed by atoms with E-state index in [-0.39, 0.29) is 12.4 Å². The van der Waals surface area contributed by atoms with E-state index in [0.717, 1.165) is 5.56 Å². The van der Waals surface area contributed by atoms with Crippen LogP contribution in [0.15, 0.2) is 12.1 Å². The van der Waals surface area contributed by atoms with E-state index in [2.05, 4.69) is 0 Å². The summed E-state index contributed by atoms with van der Waals surface area (Å²) in [6.45, 7) is 1.84. The topological polar surface area (TPSA) is 20.2 Å². The molecule has 0 aromatic heterocycles. The van der Waals surface area contributed by atoms with Gasteiger partial charge in [0.15, 0.2) is 0 Å². The first-order valence-corrected chi connectivity index (χ1v) is 4.58. The highest BCUT2D eigenvalue weighted by Crippen LogP contribution is 2.20. The van der Waals surface area contributed by atoms with Gasteiger partial charge in [0.1, 0.15) is 5.82 Å². The van der Waals surface area contributed by atoms with Gasteiger partial charge in [-0.15, -0.1) is 0 Å². The summed E-state index contributed by atoms with van der Waals surface area (Å²) in [4.78, 5) is 0. The van der Waals surface area contributed by atoms with Gasteiger partial charge in [0.05, 0.1) is 0 Å². The fraction of sp³-hybridized carbons (Fsp3) is 0.400. The summed E-state index contributed by atoms with van der Waals surface area (Å²) in [6, 6.07) is 3.05.